The highest BCUT2D eigenvalue weighted by Gasteiger charge is 2.57. The van der Waals surface area contributed by atoms with Crippen LogP contribution in [0.1, 0.15) is 27.0 Å². The average Bonchev–Trinajstić information content (AvgIpc) is 3.06. The van der Waals surface area contributed by atoms with Gasteiger partial charge in [-0.1, -0.05) is 23.2 Å². The van der Waals surface area contributed by atoms with Crippen molar-refractivity contribution in [3.05, 3.63) is 62.6 Å². The van der Waals surface area contributed by atoms with Gasteiger partial charge in [-0.25, -0.2) is 4.79 Å². The van der Waals surface area contributed by atoms with Crippen LogP contribution < -0.4 is 38.5 Å². The summed E-state index contributed by atoms with van der Waals surface area (Å²) in [5.41, 5.74) is 6.52. The van der Waals surface area contributed by atoms with Gasteiger partial charge in [0.05, 0.1) is 32.5 Å². The molecule has 0 radical (unpaired) electrons. The van der Waals surface area contributed by atoms with Crippen LogP contribution >= 0.6 is 35.6 Å². The van der Waals surface area contributed by atoms with E-state index in [0.29, 0.717) is 5.56 Å². The van der Waals surface area contributed by atoms with Crippen LogP contribution in [0, 0.1) is 0 Å². The fourth-order valence-electron chi connectivity index (χ4n) is 4.41. The standard InChI is InChI=1S/C20H16Cl2N6O5.ClH/c21-9-3-7(30)5-11-13(9)20(8-2-1-6(29)4-10(8)32-11)14-12(19(31)33-20)16(26-23)18(28-25)17(27-24)15(14)22;/h1-5,26-30H,23-25H2;1H. The maximum absolute atomic E-state index is 13.3. The van der Waals surface area contributed by atoms with Gasteiger partial charge in [-0.05, 0) is 18.2 Å². The number of rotatable bonds is 3. The van der Waals surface area contributed by atoms with Crippen LogP contribution in [0.2, 0.25) is 10.0 Å². The van der Waals surface area contributed by atoms with Crippen molar-refractivity contribution in [3.63, 3.8) is 0 Å². The lowest BCUT2D eigenvalue weighted by Gasteiger charge is -2.37. The Morgan fingerprint density at radius 3 is 2.15 bits per heavy atom. The minimum Gasteiger partial charge on any atom is -0.508 e. The van der Waals surface area contributed by atoms with Crippen LogP contribution in [0.5, 0.6) is 23.0 Å². The quantitative estimate of drug-likeness (QED) is 0.142. The largest absolute Gasteiger partial charge is 0.508 e. The van der Waals surface area contributed by atoms with Crippen LogP contribution in [0.4, 0.5) is 17.1 Å². The lowest BCUT2D eigenvalue weighted by Crippen LogP contribution is -2.34. The Kier molecular flexibility index (Phi) is 5.72. The van der Waals surface area contributed by atoms with Crippen molar-refractivity contribution < 1.29 is 24.5 Å². The van der Waals surface area contributed by atoms with Crippen LogP contribution in [0.25, 0.3) is 0 Å². The van der Waals surface area contributed by atoms with Crippen molar-refractivity contribution in [3.8, 4) is 23.0 Å². The first-order valence-electron chi connectivity index (χ1n) is 9.35. The molecule has 2 aliphatic heterocycles. The molecule has 11 nitrogen and oxygen atoms in total. The lowest BCUT2D eigenvalue weighted by molar-refractivity contribution is 0.0225. The molecule has 0 saturated heterocycles. The zero-order valence-electron chi connectivity index (χ0n) is 16.9. The summed E-state index contributed by atoms with van der Waals surface area (Å²) < 4.78 is 11.9. The molecule has 0 saturated carbocycles. The number of nitrogens with two attached hydrogens (primary N) is 3. The molecule has 11 N–H and O–H groups in total. The SMILES string of the molecule is Cl.NNc1c(Cl)c2c(c(NN)c1NN)C(=O)OC21c2ccc(O)cc2Oc2cc(O)cc(Cl)c21. The molecule has 1 spiro atoms. The number of hydrazine groups is 3. The topological polar surface area (TPSA) is 190 Å². The minimum absolute atomic E-state index is 0. The number of fused-ring (bicyclic) bond motifs is 6. The minimum atomic E-state index is -1.74. The van der Waals surface area contributed by atoms with Crippen molar-refractivity contribution in [2.75, 3.05) is 16.3 Å². The second kappa shape index (κ2) is 8.17. The van der Waals surface area contributed by atoms with Crippen LogP contribution in [0.3, 0.4) is 0 Å². The molecule has 3 aromatic rings. The number of aromatic hydroxyl groups is 2. The second-order valence-corrected chi connectivity index (χ2v) is 8.06. The summed E-state index contributed by atoms with van der Waals surface area (Å²) in [7, 11) is 0. The summed E-state index contributed by atoms with van der Waals surface area (Å²) in [6.07, 6.45) is 0. The fourth-order valence-corrected chi connectivity index (χ4v) is 5.13. The maximum Gasteiger partial charge on any atom is 0.342 e. The molecule has 0 aliphatic carbocycles. The fraction of sp³-hybridized carbons (Fsp3) is 0.0500. The summed E-state index contributed by atoms with van der Waals surface area (Å²) in [6, 6.07) is 6.81. The van der Waals surface area contributed by atoms with Gasteiger partial charge < -0.3 is 36.0 Å². The summed E-state index contributed by atoms with van der Waals surface area (Å²) in [6.45, 7) is 0. The van der Waals surface area contributed by atoms with E-state index >= 15 is 0 Å². The van der Waals surface area contributed by atoms with E-state index in [1.807, 2.05) is 0 Å². The number of phenols is 2. The molecular weight excluding hydrogens is 511 g/mol. The number of benzene rings is 3. The molecule has 34 heavy (non-hydrogen) atoms. The number of carbonyl (C=O) groups excluding carboxylic acids is 1. The third-order valence-electron chi connectivity index (χ3n) is 5.63. The van der Waals surface area contributed by atoms with Crippen molar-refractivity contribution in [2.45, 2.75) is 5.60 Å². The van der Waals surface area contributed by atoms with E-state index in [9.17, 15) is 15.0 Å². The average molecular weight is 528 g/mol. The highest BCUT2D eigenvalue weighted by molar-refractivity contribution is 6.37. The molecule has 1 unspecified atom stereocenters. The second-order valence-electron chi connectivity index (χ2n) is 7.28. The monoisotopic (exact) mass is 526 g/mol. The third kappa shape index (κ3) is 2.92. The number of hydrogen-bond acceptors (Lipinski definition) is 11. The van der Waals surface area contributed by atoms with Gasteiger partial charge in [0.1, 0.15) is 28.7 Å². The Labute approximate surface area is 208 Å². The van der Waals surface area contributed by atoms with Crippen LogP contribution in [-0.2, 0) is 10.3 Å². The summed E-state index contributed by atoms with van der Waals surface area (Å²) >= 11 is 13.3. The zero-order valence-corrected chi connectivity index (χ0v) is 19.2. The van der Waals surface area contributed by atoms with Gasteiger partial charge in [0.25, 0.3) is 0 Å². The molecule has 0 amide bonds. The first-order chi connectivity index (χ1) is 15.8. The predicted molar refractivity (Wildman–Crippen MR) is 129 cm³/mol. The molecule has 14 heteroatoms. The highest BCUT2D eigenvalue weighted by Crippen LogP contribution is 2.62. The van der Waals surface area contributed by atoms with E-state index in [2.05, 4.69) is 16.3 Å². The number of halogens is 3. The van der Waals surface area contributed by atoms with Crippen LogP contribution in [0.15, 0.2) is 30.3 Å². The van der Waals surface area contributed by atoms with Gasteiger partial charge in [-0.3, -0.25) is 17.5 Å². The molecule has 5 rings (SSSR count). The molecule has 0 fully saturated rings. The normalized spacial score (nSPS) is 17.0. The number of esters is 1. The molecule has 178 valence electrons. The van der Waals surface area contributed by atoms with Crippen molar-refractivity contribution in [2.24, 2.45) is 17.5 Å². The molecule has 2 aliphatic rings. The van der Waals surface area contributed by atoms with E-state index in [4.69, 9.17) is 50.2 Å². The highest BCUT2D eigenvalue weighted by atomic mass is 35.5. The Balaban J connectivity index is 0.00000274. The van der Waals surface area contributed by atoms with Gasteiger partial charge in [0, 0.05) is 23.3 Å². The first-order valence-corrected chi connectivity index (χ1v) is 10.1. The number of phenolic OH excluding ortho intramolecular Hbond substituents is 2. The Morgan fingerprint density at radius 2 is 1.50 bits per heavy atom. The Morgan fingerprint density at radius 1 is 0.853 bits per heavy atom. The number of carbonyl (C=O) groups is 1. The van der Waals surface area contributed by atoms with Crippen molar-refractivity contribution in [1.82, 2.24) is 0 Å². The number of nitrogens with one attached hydrogen (secondary N) is 3. The van der Waals surface area contributed by atoms with E-state index in [1.165, 1.54) is 30.3 Å². The molecular formula is C20H17Cl3N6O5. The van der Waals surface area contributed by atoms with Gasteiger partial charge in [-0.2, -0.15) is 0 Å². The number of hydrogen-bond donors (Lipinski definition) is 8. The molecule has 0 bridgehead atoms. The van der Waals surface area contributed by atoms with Crippen molar-refractivity contribution in [1.29, 1.82) is 0 Å². The molecule has 3 aromatic carbocycles. The van der Waals surface area contributed by atoms with Gasteiger partial charge in [-0.15, -0.1) is 12.4 Å². The van der Waals surface area contributed by atoms with Gasteiger partial charge in [0.15, 0.2) is 5.60 Å². The first kappa shape index (κ1) is 23.8. The Bertz CT molecular complexity index is 1370. The number of ether oxygens (including phenoxy) is 2. The van der Waals surface area contributed by atoms with Crippen LogP contribution in [-0.4, -0.2) is 16.2 Å². The lowest BCUT2D eigenvalue weighted by atomic mass is 9.77. The van der Waals surface area contributed by atoms with Crippen molar-refractivity contribution >= 4 is 58.6 Å². The Hall–Kier alpha value is -3.32. The zero-order chi connectivity index (χ0) is 23.7. The smallest absolute Gasteiger partial charge is 0.342 e. The van der Waals surface area contributed by atoms with E-state index < -0.39 is 11.6 Å². The summed E-state index contributed by atoms with van der Waals surface area (Å²) in [5, 5.41) is 20.2. The molecule has 2 heterocycles. The predicted octanol–water partition coefficient (Wildman–Crippen LogP) is 3.25. The number of nitrogen functional groups attached to an aromatic ring is 3. The summed E-state index contributed by atoms with van der Waals surface area (Å²) in [5.74, 6) is 16.2. The third-order valence-corrected chi connectivity index (χ3v) is 6.31. The summed E-state index contributed by atoms with van der Waals surface area (Å²) in [4.78, 5) is 13.3. The maximum atomic E-state index is 13.3. The number of anilines is 3. The van der Waals surface area contributed by atoms with E-state index in [1.54, 1.807) is 0 Å². The molecule has 0 aromatic heterocycles. The van der Waals surface area contributed by atoms with E-state index in [0.717, 1.165) is 0 Å². The van der Waals surface area contributed by atoms with Gasteiger partial charge >= 0.3 is 5.97 Å². The molecule has 1 atom stereocenters. The van der Waals surface area contributed by atoms with Gasteiger partial charge in [0.2, 0.25) is 0 Å². The van der Waals surface area contributed by atoms with E-state index in [-0.39, 0.29) is 79.2 Å².